The zero-order chi connectivity index (χ0) is 18.1. The van der Waals surface area contributed by atoms with Gasteiger partial charge in [0, 0.05) is 24.7 Å². The molecule has 1 aliphatic rings. The lowest BCUT2D eigenvalue weighted by molar-refractivity contribution is -0.141. The van der Waals surface area contributed by atoms with Crippen LogP contribution in [0.2, 0.25) is 0 Å². The maximum atomic E-state index is 13.0. The van der Waals surface area contributed by atoms with E-state index in [1.807, 2.05) is 0 Å². The minimum atomic E-state index is -4.71. The highest BCUT2D eigenvalue weighted by molar-refractivity contribution is 5.99. The number of benzene rings is 1. The molecule has 0 unspecified atom stereocenters. The minimum Gasteiger partial charge on any atom is -0.480 e. The van der Waals surface area contributed by atoms with Gasteiger partial charge >= 0.3 is 12.1 Å². The Balaban J connectivity index is 2.42. The van der Waals surface area contributed by atoms with Crippen LogP contribution in [0.1, 0.15) is 35.7 Å². The second-order valence-corrected chi connectivity index (χ2v) is 5.47. The number of hydrogen-bond acceptors (Lipinski definition) is 3. The molecule has 9 heteroatoms. The van der Waals surface area contributed by atoms with Gasteiger partial charge < -0.3 is 15.3 Å². The second kappa shape index (κ2) is 6.50. The van der Waals surface area contributed by atoms with E-state index in [0.29, 0.717) is 12.5 Å². The molecule has 1 aromatic rings. The number of likely N-dealkylation sites (tertiary alicyclic amines) is 1. The fraction of sp³-hybridized carbons (Fsp3) is 0.400. The molecule has 1 aromatic carbocycles. The van der Waals surface area contributed by atoms with Crippen LogP contribution in [0.15, 0.2) is 18.2 Å². The van der Waals surface area contributed by atoms with Gasteiger partial charge in [-0.15, -0.1) is 0 Å². The summed E-state index contributed by atoms with van der Waals surface area (Å²) in [5, 5.41) is 11.3. The van der Waals surface area contributed by atoms with Crippen LogP contribution in [0.25, 0.3) is 0 Å². The summed E-state index contributed by atoms with van der Waals surface area (Å²) in [6.07, 6.45) is -4.00. The summed E-state index contributed by atoms with van der Waals surface area (Å²) in [4.78, 5) is 35.7. The largest absolute Gasteiger partial charge is 0.480 e. The quantitative estimate of drug-likeness (QED) is 0.881. The third-order valence-corrected chi connectivity index (χ3v) is 3.63. The van der Waals surface area contributed by atoms with Crippen molar-refractivity contribution >= 4 is 23.5 Å². The normalized spacial score (nSPS) is 17.7. The van der Waals surface area contributed by atoms with E-state index < -0.39 is 35.6 Å². The van der Waals surface area contributed by atoms with E-state index in [-0.39, 0.29) is 24.2 Å². The molecule has 1 saturated heterocycles. The number of carboxylic acids is 1. The molecular formula is C15H15F3N2O4. The Hall–Kier alpha value is -2.58. The van der Waals surface area contributed by atoms with Crippen molar-refractivity contribution in [2.45, 2.75) is 32.0 Å². The standard InChI is InChI=1S/C15H15F3N2O4/c1-8(21)19-11-6-9(5-10(7-11)15(16,17)18)13(22)20-4-2-3-12(20)14(23)24/h5-7,12H,2-4H2,1H3,(H,19,21)(H,23,24)/t12-/m1/s1. The number of carbonyl (C=O) groups excluding carboxylic acids is 2. The Labute approximate surface area is 135 Å². The Morgan fingerprint density at radius 2 is 1.92 bits per heavy atom. The zero-order valence-electron chi connectivity index (χ0n) is 12.7. The lowest BCUT2D eigenvalue weighted by atomic mass is 10.1. The fourth-order valence-electron chi connectivity index (χ4n) is 2.62. The molecule has 0 saturated carbocycles. The van der Waals surface area contributed by atoms with Gasteiger partial charge in [-0.3, -0.25) is 9.59 Å². The van der Waals surface area contributed by atoms with Crippen LogP contribution in [-0.2, 0) is 15.8 Å². The Kier molecular flexibility index (Phi) is 4.81. The summed E-state index contributed by atoms with van der Waals surface area (Å²) in [6, 6.07) is 1.43. The average molecular weight is 344 g/mol. The molecule has 2 rings (SSSR count). The topological polar surface area (TPSA) is 86.7 Å². The number of rotatable bonds is 3. The number of nitrogens with zero attached hydrogens (tertiary/aromatic N) is 1. The van der Waals surface area contributed by atoms with Crippen LogP contribution in [-0.4, -0.2) is 40.4 Å². The van der Waals surface area contributed by atoms with Crippen LogP contribution < -0.4 is 5.32 Å². The van der Waals surface area contributed by atoms with Crippen molar-refractivity contribution < 1.29 is 32.7 Å². The summed E-state index contributed by atoms with van der Waals surface area (Å²) < 4.78 is 39.0. The van der Waals surface area contributed by atoms with Gasteiger partial charge in [-0.2, -0.15) is 13.2 Å². The number of alkyl halides is 3. The molecule has 24 heavy (non-hydrogen) atoms. The molecule has 2 amide bonds. The lowest BCUT2D eigenvalue weighted by Gasteiger charge is -2.22. The highest BCUT2D eigenvalue weighted by atomic mass is 19.4. The first-order valence-corrected chi connectivity index (χ1v) is 7.13. The predicted octanol–water partition coefficient (Wildman–Crippen LogP) is 2.35. The summed E-state index contributed by atoms with van der Waals surface area (Å²) in [7, 11) is 0. The molecule has 1 fully saturated rings. The molecule has 0 aliphatic carbocycles. The number of amides is 2. The molecule has 0 spiro atoms. The summed E-state index contributed by atoms with van der Waals surface area (Å²) in [6.45, 7) is 1.28. The summed E-state index contributed by atoms with van der Waals surface area (Å²) >= 11 is 0. The van der Waals surface area contributed by atoms with Crippen LogP contribution in [0.5, 0.6) is 0 Å². The van der Waals surface area contributed by atoms with Gasteiger partial charge in [0.1, 0.15) is 6.04 Å². The van der Waals surface area contributed by atoms with E-state index in [2.05, 4.69) is 5.32 Å². The monoisotopic (exact) mass is 344 g/mol. The van der Waals surface area contributed by atoms with Crippen LogP contribution in [0.3, 0.4) is 0 Å². The molecule has 6 nitrogen and oxygen atoms in total. The Morgan fingerprint density at radius 3 is 2.46 bits per heavy atom. The molecule has 0 bridgehead atoms. The molecule has 0 radical (unpaired) electrons. The second-order valence-electron chi connectivity index (χ2n) is 5.47. The smallest absolute Gasteiger partial charge is 0.416 e. The number of anilines is 1. The van der Waals surface area contributed by atoms with Crippen LogP contribution in [0, 0.1) is 0 Å². The first-order valence-electron chi connectivity index (χ1n) is 7.13. The van der Waals surface area contributed by atoms with Gasteiger partial charge in [-0.1, -0.05) is 0 Å². The lowest BCUT2D eigenvalue weighted by Crippen LogP contribution is -2.40. The first-order chi connectivity index (χ1) is 11.1. The van der Waals surface area contributed by atoms with Crippen molar-refractivity contribution in [2.24, 2.45) is 0 Å². The van der Waals surface area contributed by atoms with E-state index in [1.54, 1.807) is 0 Å². The molecule has 130 valence electrons. The highest BCUT2D eigenvalue weighted by Gasteiger charge is 2.36. The summed E-state index contributed by atoms with van der Waals surface area (Å²) in [5.41, 5.74) is -1.59. The Bertz CT molecular complexity index is 688. The molecule has 0 aromatic heterocycles. The fourth-order valence-corrected chi connectivity index (χ4v) is 2.62. The van der Waals surface area contributed by atoms with Crippen LogP contribution in [0.4, 0.5) is 18.9 Å². The number of hydrogen-bond donors (Lipinski definition) is 2. The maximum absolute atomic E-state index is 13.0. The zero-order valence-corrected chi connectivity index (χ0v) is 12.7. The van der Waals surface area contributed by atoms with Gasteiger partial charge in [-0.05, 0) is 31.0 Å². The average Bonchev–Trinajstić information content (AvgIpc) is 2.94. The highest BCUT2D eigenvalue weighted by Crippen LogP contribution is 2.33. The molecular weight excluding hydrogens is 329 g/mol. The van der Waals surface area contributed by atoms with Crippen molar-refractivity contribution in [1.82, 2.24) is 4.90 Å². The molecule has 1 atom stereocenters. The number of carbonyl (C=O) groups is 3. The van der Waals surface area contributed by atoms with Crippen molar-refractivity contribution in [1.29, 1.82) is 0 Å². The van der Waals surface area contributed by atoms with Gasteiger partial charge in [0.05, 0.1) is 5.56 Å². The van der Waals surface area contributed by atoms with E-state index in [1.165, 1.54) is 0 Å². The SMILES string of the molecule is CC(=O)Nc1cc(C(=O)N2CCC[C@@H]2C(=O)O)cc(C(F)(F)F)c1. The van der Waals surface area contributed by atoms with Crippen molar-refractivity contribution in [3.05, 3.63) is 29.3 Å². The number of nitrogens with one attached hydrogen (secondary N) is 1. The molecule has 1 heterocycles. The molecule has 2 N–H and O–H groups in total. The van der Waals surface area contributed by atoms with E-state index in [4.69, 9.17) is 5.11 Å². The maximum Gasteiger partial charge on any atom is 0.416 e. The van der Waals surface area contributed by atoms with Gasteiger partial charge in [-0.25, -0.2) is 4.79 Å². The van der Waals surface area contributed by atoms with Gasteiger partial charge in [0.25, 0.3) is 5.91 Å². The minimum absolute atomic E-state index is 0.154. The van der Waals surface area contributed by atoms with Gasteiger partial charge in [0.15, 0.2) is 0 Å². The first kappa shape index (κ1) is 17.8. The van der Waals surface area contributed by atoms with Crippen molar-refractivity contribution in [3.63, 3.8) is 0 Å². The van der Waals surface area contributed by atoms with Crippen LogP contribution >= 0.6 is 0 Å². The van der Waals surface area contributed by atoms with Crippen molar-refractivity contribution in [3.8, 4) is 0 Å². The third kappa shape index (κ3) is 3.84. The van der Waals surface area contributed by atoms with E-state index >= 15 is 0 Å². The number of carboxylic acid groups (broad SMARTS) is 1. The predicted molar refractivity (Wildman–Crippen MR) is 77.4 cm³/mol. The number of aliphatic carboxylic acids is 1. The van der Waals surface area contributed by atoms with E-state index in [0.717, 1.165) is 24.0 Å². The molecule has 1 aliphatic heterocycles. The third-order valence-electron chi connectivity index (χ3n) is 3.63. The van der Waals surface area contributed by atoms with E-state index in [9.17, 15) is 27.6 Å². The number of halogens is 3. The Morgan fingerprint density at radius 1 is 1.25 bits per heavy atom. The summed E-state index contributed by atoms with van der Waals surface area (Å²) in [5.74, 6) is -2.59. The van der Waals surface area contributed by atoms with Gasteiger partial charge in [0.2, 0.25) is 5.91 Å². The van der Waals surface area contributed by atoms with Crippen molar-refractivity contribution in [2.75, 3.05) is 11.9 Å².